The van der Waals surface area contributed by atoms with Crippen molar-refractivity contribution in [3.8, 4) is 0 Å². The number of rotatable bonds is 4. The average Bonchev–Trinajstić information content (AvgIpc) is 1.84. The highest BCUT2D eigenvalue weighted by Gasteiger charge is 2.14. The van der Waals surface area contributed by atoms with Crippen LogP contribution in [0.15, 0.2) is 0 Å². The van der Waals surface area contributed by atoms with E-state index >= 15 is 0 Å². The smallest absolute Gasteiger partial charge is 0.0191 e. The van der Waals surface area contributed by atoms with E-state index in [9.17, 15) is 0 Å². The Labute approximate surface area is 68.2 Å². The molecule has 0 aromatic rings. The minimum atomic E-state index is 0.374. The number of hydrogen-bond acceptors (Lipinski definition) is 2. The molecule has 0 fully saturated rings. The van der Waals surface area contributed by atoms with Gasteiger partial charge in [0.15, 0.2) is 0 Å². The summed E-state index contributed by atoms with van der Waals surface area (Å²) in [6, 6.07) is 0. The molecule has 0 saturated heterocycles. The number of hydrogen-bond donors (Lipinski definition) is 1. The Balaban J connectivity index is 3.33. The summed E-state index contributed by atoms with van der Waals surface area (Å²) in [6.07, 6.45) is 1.27. The lowest BCUT2D eigenvalue weighted by Gasteiger charge is -2.20. The minimum absolute atomic E-state index is 0.374. The number of thiol groups is 1. The molecule has 0 saturated carbocycles. The Morgan fingerprint density at radius 2 is 2.00 bits per heavy atom. The first-order chi connectivity index (χ1) is 4.12. The van der Waals surface area contributed by atoms with Gasteiger partial charge in [0.2, 0.25) is 0 Å². The highest BCUT2D eigenvalue weighted by Crippen LogP contribution is 2.25. The summed E-state index contributed by atoms with van der Waals surface area (Å²) >= 11 is 6.26. The highest BCUT2D eigenvalue weighted by atomic mass is 32.2. The third-order valence-corrected chi connectivity index (χ3v) is 3.62. The molecule has 0 N–H and O–H groups in total. The average molecular weight is 164 g/mol. The topological polar surface area (TPSA) is 0 Å². The van der Waals surface area contributed by atoms with Gasteiger partial charge in [0.25, 0.3) is 0 Å². The first-order valence-electron chi connectivity index (χ1n) is 3.37. The summed E-state index contributed by atoms with van der Waals surface area (Å²) in [6.45, 7) is 6.68. The van der Waals surface area contributed by atoms with Gasteiger partial charge in [-0.3, -0.25) is 0 Å². The maximum absolute atomic E-state index is 4.25. The maximum Gasteiger partial charge on any atom is 0.0191 e. The molecule has 9 heavy (non-hydrogen) atoms. The largest absolute Gasteiger partial charge is 0.178 e. The molecule has 0 spiro atoms. The second-order valence-corrected chi connectivity index (χ2v) is 4.88. The van der Waals surface area contributed by atoms with Crippen molar-refractivity contribution in [3.05, 3.63) is 0 Å². The third-order valence-electron chi connectivity index (χ3n) is 1.08. The zero-order valence-electron chi connectivity index (χ0n) is 6.48. The first kappa shape index (κ1) is 9.70. The van der Waals surface area contributed by atoms with Crippen LogP contribution < -0.4 is 0 Å². The molecule has 0 radical (unpaired) electrons. The van der Waals surface area contributed by atoms with Crippen LogP contribution in [0.1, 0.15) is 27.2 Å². The van der Waals surface area contributed by atoms with Crippen molar-refractivity contribution in [1.82, 2.24) is 0 Å². The Morgan fingerprint density at radius 3 is 2.33 bits per heavy atom. The molecular weight excluding hydrogens is 148 g/mol. The molecule has 0 unspecified atom stereocenters. The van der Waals surface area contributed by atoms with Gasteiger partial charge in [-0.05, 0) is 26.0 Å². The zero-order chi connectivity index (χ0) is 7.33. The van der Waals surface area contributed by atoms with Gasteiger partial charge in [0.05, 0.1) is 0 Å². The fourth-order valence-corrected chi connectivity index (χ4v) is 1.55. The zero-order valence-corrected chi connectivity index (χ0v) is 8.19. The van der Waals surface area contributed by atoms with E-state index in [2.05, 4.69) is 33.4 Å². The molecule has 0 aromatic carbocycles. The summed E-state index contributed by atoms with van der Waals surface area (Å²) < 4.78 is 0.374. The van der Waals surface area contributed by atoms with Gasteiger partial charge in [-0.15, -0.1) is 0 Å². The van der Waals surface area contributed by atoms with E-state index in [4.69, 9.17) is 0 Å². The van der Waals surface area contributed by atoms with Crippen LogP contribution >= 0.6 is 24.4 Å². The molecular formula is C7H16S2. The van der Waals surface area contributed by atoms with Gasteiger partial charge in [-0.1, -0.05) is 6.92 Å². The summed E-state index contributed by atoms with van der Waals surface area (Å²) in [4.78, 5) is 0. The minimum Gasteiger partial charge on any atom is -0.178 e. The van der Waals surface area contributed by atoms with E-state index in [1.807, 2.05) is 11.8 Å². The van der Waals surface area contributed by atoms with Gasteiger partial charge >= 0.3 is 0 Å². The lowest BCUT2D eigenvalue weighted by atomic mass is 10.2. The van der Waals surface area contributed by atoms with E-state index in [-0.39, 0.29) is 0 Å². The normalized spacial score (nSPS) is 12.0. The van der Waals surface area contributed by atoms with Gasteiger partial charge < -0.3 is 0 Å². The summed E-state index contributed by atoms with van der Waals surface area (Å²) in [5.41, 5.74) is 0. The molecule has 0 rings (SSSR count). The standard InChI is InChI=1S/C7H16S2/c1-4-5-9-7(2,3)6-8/h8H,4-6H2,1-3H3. The van der Waals surface area contributed by atoms with Crippen molar-refractivity contribution >= 4 is 24.4 Å². The van der Waals surface area contributed by atoms with E-state index in [1.165, 1.54) is 12.2 Å². The van der Waals surface area contributed by atoms with E-state index < -0.39 is 0 Å². The van der Waals surface area contributed by atoms with Crippen LogP contribution in [0.25, 0.3) is 0 Å². The van der Waals surface area contributed by atoms with Crippen LogP contribution in [0.3, 0.4) is 0 Å². The van der Waals surface area contributed by atoms with Crippen molar-refractivity contribution in [2.75, 3.05) is 11.5 Å². The maximum atomic E-state index is 4.25. The predicted molar refractivity (Wildman–Crippen MR) is 50.7 cm³/mol. The van der Waals surface area contributed by atoms with E-state index in [1.54, 1.807) is 0 Å². The van der Waals surface area contributed by atoms with Crippen LogP contribution in [-0.4, -0.2) is 16.3 Å². The Hall–Kier alpha value is 0.700. The van der Waals surface area contributed by atoms with Crippen molar-refractivity contribution in [2.24, 2.45) is 0 Å². The fourth-order valence-electron chi connectivity index (χ4n) is 0.424. The second-order valence-electron chi connectivity index (χ2n) is 2.77. The third kappa shape index (κ3) is 5.16. The fraction of sp³-hybridized carbons (Fsp3) is 1.00. The van der Waals surface area contributed by atoms with Crippen molar-refractivity contribution in [1.29, 1.82) is 0 Å². The van der Waals surface area contributed by atoms with Crippen LogP contribution in [0.4, 0.5) is 0 Å². The first-order valence-corrected chi connectivity index (χ1v) is 4.99. The van der Waals surface area contributed by atoms with Crippen LogP contribution in [0, 0.1) is 0 Å². The van der Waals surface area contributed by atoms with Gasteiger partial charge in [0.1, 0.15) is 0 Å². The summed E-state index contributed by atoms with van der Waals surface area (Å²) in [5, 5.41) is 0. The van der Waals surface area contributed by atoms with Crippen molar-refractivity contribution < 1.29 is 0 Å². The molecule has 0 atom stereocenters. The number of thioether (sulfide) groups is 1. The lowest BCUT2D eigenvalue weighted by molar-refractivity contribution is 0.816. The van der Waals surface area contributed by atoms with Crippen LogP contribution in [0.5, 0.6) is 0 Å². The van der Waals surface area contributed by atoms with E-state index in [0.29, 0.717) is 4.75 Å². The Bertz CT molecular complexity index is 69.3. The van der Waals surface area contributed by atoms with Crippen molar-refractivity contribution in [2.45, 2.75) is 31.9 Å². The monoisotopic (exact) mass is 164 g/mol. The van der Waals surface area contributed by atoms with Crippen LogP contribution in [0.2, 0.25) is 0 Å². The molecule has 0 aliphatic carbocycles. The molecule has 2 heteroatoms. The van der Waals surface area contributed by atoms with Gasteiger partial charge in [-0.25, -0.2) is 0 Å². The Morgan fingerprint density at radius 1 is 1.44 bits per heavy atom. The molecule has 0 aliphatic rings. The molecule has 0 aromatic heterocycles. The molecule has 0 bridgehead atoms. The summed E-state index contributed by atoms with van der Waals surface area (Å²) in [5.74, 6) is 2.23. The lowest BCUT2D eigenvalue weighted by Crippen LogP contribution is -2.16. The Kier molecular flexibility index (Phi) is 4.86. The van der Waals surface area contributed by atoms with Crippen LogP contribution in [-0.2, 0) is 0 Å². The predicted octanol–water partition coefficient (Wildman–Crippen LogP) is 2.84. The van der Waals surface area contributed by atoms with Gasteiger partial charge in [-0.2, -0.15) is 24.4 Å². The second kappa shape index (κ2) is 4.51. The van der Waals surface area contributed by atoms with E-state index in [0.717, 1.165) is 5.75 Å². The summed E-state index contributed by atoms with van der Waals surface area (Å²) in [7, 11) is 0. The molecule has 0 amide bonds. The van der Waals surface area contributed by atoms with Crippen molar-refractivity contribution in [3.63, 3.8) is 0 Å². The quantitative estimate of drug-likeness (QED) is 0.623. The molecule has 0 heterocycles. The SMILES string of the molecule is CCCSC(C)(C)CS. The highest BCUT2D eigenvalue weighted by molar-refractivity contribution is 8.01. The molecule has 0 nitrogen and oxygen atoms in total. The van der Waals surface area contributed by atoms with Gasteiger partial charge in [0, 0.05) is 10.5 Å². The molecule has 0 aliphatic heterocycles. The molecule has 56 valence electrons.